The zero-order chi connectivity index (χ0) is 19.0. The topological polar surface area (TPSA) is 101 Å². The molecule has 2 heterocycles. The van der Waals surface area contributed by atoms with Crippen molar-refractivity contribution in [2.75, 3.05) is 30.3 Å². The summed E-state index contributed by atoms with van der Waals surface area (Å²) in [5.41, 5.74) is 13.2. The third-order valence-electron chi connectivity index (χ3n) is 5.30. The molecule has 2 aromatic rings. The van der Waals surface area contributed by atoms with E-state index in [0.717, 1.165) is 18.5 Å². The molecule has 2 fully saturated rings. The lowest BCUT2D eigenvalue weighted by atomic mass is 9.78. The molecule has 1 aromatic carbocycles. The van der Waals surface area contributed by atoms with Crippen molar-refractivity contribution in [3.05, 3.63) is 47.4 Å². The Morgan fingerprint density at radius 1 is 1.19 bits per heavy atom. The monoisotopic (exact) mass is 370 g/mol. The molecule has 1 saturated heterocycles. The Morgan fingerprint density at radius 2 is 1.96 bits per heavy atom. The summed E-state index contributed by atoms with van der Waals surface area (Å²) in [6.07, 6.45) is 1.79. The Bertz CT molecular complexity index is 854. The molecule has 1 aromatic heterocycles. The Morgan fingerprint density at radius 3 is 2.67 bits per heavy atom. The van der Waals surface area contributed by atoms with Crippen molar-refractivity contribution in [3.63, 3.8) is 0 Å². The maximum atomic E-state index is 13.9. The lowest BCUT2D eigenvalue weighted by Gasteiger charge is -2.36. The average molecular weight is 370 g/mol. The van der Waals surface area contributed by atoms with Gasteiger partial charge >= 0.3 is 0 Å². The van der Waals surface area contributed by atoms with Crippen LogP contribution in [-0.4, -0.2) is 46.5 Å². The van der Waals surface area contributed by atoms with Crippen LogP contribution in [0.5, 0.6) is 0 Å². The molecule has 27 heavy (non-hydrogen) atoms. The van der Waals surface area contributed by atoms with E-state index in [4.69, 9.17) is 11.5 Å². The summed E-state index contributed by atoms with van der Waals surface area (Å²) in [4.78, 5) is 24.8. The molecule has 0 bridgehead atoms. The Kier molecular flexibility index (Phi) is 4.65. The van der Waals surface area contributed by atoms with Gasteiger partial charge in [0.25, 0.3) is 0 Å². The van der Waals surface area contributed by atoms with Gasteiger partial charge in [-0.1, -0.05) is 18.2 Å². The van der Waals surface area contributed by atoms with E-state index in [2.05, 4.69) is 9.97 Å². The average Bonchev–Trinajstić information content (AvgIpc) is 2.62. The third-order valence-corrected chi connectivity index (χ3v) is 5.30. The van der Waals surface area contributed by atoms with Crippen LogP contribution in [0, 0.1) is 5.82 Å². The van der Waals surface area contributed by atoms with Gasteiger partial charge in [0.2, 0.25) is 11.9 Å². The first kappa shape index (κ1) is 17.7. The number of carbonyl (C=O) groups is 1. The predicted octanol–water partition coefficient (Wildman–Crippen LogP) is 1.25. The van der Waals surface area contributed by atoms with Gasteiger partial charge in [0.15, 0.2) is 0 Å². The summed E-state index contributed by atoms with van der Waals surface area (Å²) in [6, 6.07) is 8.66. The van der Waals surface area contributed by atoms with E-state index < -0.39 is 0 Å². The van der Waals surface area contributed by atoms with Crippen LogP contribution >= 0.6 is 0 Å². The van der Waals surface area contributed by atoms with E-state index in [-0.39, 0.29) is 36.8 Å². The first-order valence-corrected chi connectivity index (χ1v) is 9.16. The summed E-state index contributed by atoms with van der Waals surface area (Å²) in [5, 5.41) is 0. The highest BCUT2D eigenvalue weighted by molar-refractivity contribution is 5.82. The molecule has 142 valence electrons. The summed E-state index contributed by atoms with van der Waals surface area (Å²) < 4.78 is 13.9. The number of anilines is 2. The minimum Gasteiger partial charge on any atom is -0.368 e. The molecule has 4 N–H and O–H groups in total. The maximum Gasteiger partial charge on any atom is 0.242 e. The molecular formula is C19H23FN6O. The van der Waals surface area contributed by atoms with Gasteiger partial charge in [0.05, 0.1) is 12.2 Å². The molecule has 0 unspecified atom stereocenters. The van der Waals surface area contributed by atoms with Gasteiger partial charge in [-0.15, -0.1) is 0 Å². The lowest BCUT2D eigenvalue weighted by molar-refractivity contribution is -0.131. The second-order valence-corrected chi connectivity index (χ2v) is 7.27. The first-order chi connectivity index (χ1) is 13.0. The number of aromatic nitrogens is 2. The minimum absolute atomic E-state index is 0.0612. The Hall–Kier alpha value is -2.74. The number of hydrogen-bond donors (Lipinski definition) is 2. The molecule has 1 aliphatic heterocycles. The number of amides is 1. The van der Waals surface area contributed by atoms with Crippen LogP contribution < -0.4 is 16.4 Å². The van der Waals surface area contributed by atoms with Gasteiger partial charge in [-0.25, -0.2) is 9.37 Å². The number of carbonyl (C=O) groups excluding carboxylic acids is 1. The van der Waals surface area contributed by atoms with Gasteiger partial charge in [-0.05, 0) is 18.9 Å². The standard InChI is InChI=1S/C19H23FN6O/c20-15-4-2-1-3-12(15)10-26-6-5-25(11-18(26)27)17-9-16(23-19(22)24-17)13-7-14(21)8-13/h1-4,9,13-14H,5-8,10-11,21H2,(H2,22,23,24). The first-order valence-electron chi connectivity index (χ1n) is 9.16. The van der Waals surface area contributed by atoms with E-state index >= 15 is 0 Å². The van der Waals surface area contributed by atoms with E-state index in [1.807, 2.05) is 11.0 Å². The fourth-order valence-electron chi connectivity index (χ4n) is 3.65. The van der Waals surface area contributed by atoms with Crippen molar-refractivity contribution in [2.45, 2.75) is 31.3 Å². The van der Waals surface area contributed by atoms with Crippen LogP contribution in [-0.2, 0) is 11.3 Å². The number of nitrogen functional groups attached to an aromatic ring is 1. The molecule has 4 rings (SSSR count). The minimum atomic E-state index is -0.292. The Labute approximate surface area is 157 Å². The van der Waals surface area contributed by atoms with Crippen molar-refractivity contribution in [2.24, 2.45) is 5.73 Å². The van der Waals surface area contributed by atoms with Crippen molar-refractivity contribution in [1.82, 2.24) is 14.9 Å². The summed E-state index contributed by atoms with van der Waals surface area (Å²) in [6.45, 7) is 1.58. The van der Waals surface area contributed by atoms with Crippen LogP contribution in [0.3, 0.4) is 0 Å². The van der Waals surface area contributed by atoms with Gasteiger partial charge in [0, 0.05) is 43.2 Å². The smallest absolute Gasteiger partial charge is 0.242 e. The number of nitrogens with two attached hydrogens (primary N) is 2. The van der Waals surface area contributed by atoms with E-state index in [1.165, 1.54) is 6.07 Å². The molecule has 7 nitrogen and oxygen atoms in total. The van der Waals surface area contributed by atoms with Crippen LogP contribution in [0.15, 0.2) is 30.3 Å². The molecule has 0 radical (unpaired) electrons. The largest absolute Gasteiger partial charge is 0.368 e. The molecule has 0 spiro atoms. The highest BCUT2D eigenvalue weighted by Crippen LogP contribution is 2.36. The normalized spacial score (nSPS) is 22.7. The van der Waals surface area contributed by atoms with Crippen molar-refractivity contribution < 1.29 is 9.18 Å². The number of halogens is 1. The highest BCUT2D eigenvalue weighted by atomic mass is 19.1. The van der Waals surface area contributed by atoms with Crippen molar-refractivity contribution in [1.29, 1.82) is 0 Å². The number of nitrogens with zero attached hydrogens (tertiary/aromatic N) is 4. The Balaban J connectivity index is 1.45. The molecule has 0 atom stereocenters. The van der Waals surface area contributed by atoms with Gasteiger partial charge in [0.1, 0.15) is 11.6 Å². The fraction of sp³-hybridized carbons (Fsp3) is 0.421. The quantitative estimate of drug-likeness (QED) is 0.840. The molecule has 1 saturated carbocycles. The summed E-state index contributed by atoms with van der Waals surface area (Å²) in [5.74, 6) is 0.830. The molecule has 1 amide bonds. The maximum absolute atomic E-state index is 13.9. The van der Waals surface area contributed by atoms with E-state index in [9.17, 15) is 9.18 Å². The second kappa shape index (κ2) is 7.11. The number of hydrogen-bond acceptors (Lipinski definition) is 6. The zero-order valence-electron chi connectivity index (χ0n) is 15.0. The second-order valence-electron chi connectivity index (χ2n) is 7.27. The zero-order valence-corrected chi connectivity index (χ0v) is 15.0. The third kappa shape index (κ3) is 3.71. The molecule has 2 aliphatic rings. The molecular weight excluding hydrogens is 347 g/mol. The number of rotatable bonds is 4. The van der Waals surface area contributed by atoms with Crippen LogP contribution in [0.25, 0.3) is 0 Å². The lowest BCUT2D eigenvalue weighted by Crippen LogP contribution is -2.50. The van der Waals surface area contributed by atoms with Crippen molar-refractivity contribution in [3.8, 4) is 0 Å². The SMILES string of the molecule is Nc1nc(C2CC(N)C2)cc(N2CCN(Cc3ccccc3F)C(=O)C2)n1. The van der Waals surface area contributed by atoms with Crippen LogP contribution in [0.1, 0.15) is 30.0 Å². The summed E-state index contributed by atoms with van der Waals surface area (Å²) in [7, 11) is 0. The number of benzene rings is 1. The van der Waals surface area contributed by atoms with E-state index in [0.29, 0.717) is 30.4 Å². The van der Waals surface area contributed by atoms with Crippen molar-refractivity contribution >= 4 is 17.7 Å². The fourth-order valence-corrected chi connectivity index (χ4v) is 3.65. The van der Waals surface area contributed by atoms with E-state index in [1.54, 1.807) is 23.1 Å². The van der Waals surface area contributed by atoms with Gasteiger partial charge in [-0.3, -0.25) is 4.79 Å². The summed E-state index contributed by atoms with van der Waals surface area (Å²) >= 11 is 0. The highest BCUT2D eigenvalue weighted by Gasteiger charge is 2.31. The van der Waals surface area contributed by atoms with Gasteiger partial charge in [-0.2, -0.15) is 4.98 Å². The van der Waals surface area contributed by atoms with Gasteiger partial charge < -0.3 is 21.3 Å². The number of piperazine rings is 1. The van der Waals surface area contributed by atoms with Crippen LogP contribution in [0.4, 0.5) is 16.2 Å². The van der Waals surface area contributed by atoms with Crippen LogP contribution in [0.2, 0.25) is 0 Å². The molecule has 8 heteroatoms. The predicted molar refractivity (Wildman–Crippen MR) is 100 cm³/mol. The molecule has 1 aliphatic carbocycles.